The largest absolute Gasteiger partial charge is 0.354 e. The second-order valence-electron chi connectivity index (χ2n) is 8.86. The van der Waals surface area contributed by atoms with E-state index in [1.807, 2.05) is 41.3 Å². The molecule has 0 amide bonds. The number of aryl methyl sites for hydroxylation is 1. The molecule has 33 heavy (non-hydrogen) atoms. The lowest BCUT2D eigenvalue weighted by molar-refractivity contribution is 0.104. The fraction of sp³-hybridized carbons (Fsp3) is 0.192. The van der Waals surface area contributed by atoms with Crippen molar-refractivity contribution in [2.45, 2.75) is 13.0 Å². The van der Waals surface area contributed by atoms with Gasteiger partial charge in [-0.2, -0.15) is 10.2 Å². The van der Waals surface area contributed by atoms with Crippen LogP contribution in [0.15, 0.2) is 61.2 Å². The summed E-state index contributed by atoms with van der Waals surface area (Å²) in [6, 6.07) is 12.3. The molecule has 7 heteroatoms. The molecular formula is C26H24N6O. The molecule has 0 radical (unpaired) electrons. The minimum Gasteiger partial charge on any atom is -0.354 e. The zero-order valence-corrected chi connectivity index (χ0v) is 18.6. The standard InChI is InChI=1S/C26H24N6O/c1-31(2)8-3-9-32-15-19(14-29-32)16-4-6-20-22(10-16)26(33)24-21-7-5-17(18-12-27-28-13-18)11-23(21)30-25(20)24/h4-7,10-15,30H,3,8-9H2,1-2H3,(H,27,28). The van der Waals surface area contributed by atoms with Gasteiger partial charge in [0.05, 0.1) is 23.7 Å². The first kappa shape index (κ1) is 19.7. The summed E-state index contributed by atoms with van der Waals surface area (Å²) in [5.74, 6) is 0.0718. The number of benzene rings is 2. The molecule has 0 bridgehead atoms. The topological polar surface area (TPSA) is 82.6 Å². The van der Waals surface area contributed by atoms with Gasteiger partial charge < -0.3 is 9.88 Å². The number of hydrogen-bond acceptors (Lipinski definition) is 4. The summed E-state index contributed by atoms with van der Waals surface area (Å²) in [7, 11) is 4.15. The van der Waals surface area contributed by atoms with E-state index < -0.39 is 0 Å². The van der Waals surface area contributed by atoms with Gasteiger partial charge in [0.1, 0.15) is 0 Å². The molecule has 5 aromatic rings. The van der Waals surface area contributed by atoms with Crippen molar-refractivity contribution in [3.8, 4) is 33.5 Å². The maximum Gasteiger partial charge on any atom is 0.196 e. The van der Waals surface area contributed by atoms with Gasteiger partial charge in [0.15, 0.2) is 5.78 Å². The molecule has 2 aromatic carbocycles. The molecule has 3 aromatic heterocycles. The van der Waals surface area contributed by atoms with Crippen LogP contribution in [0.1, 0.15) is 22.3 Å². The predicted octanol–water partition coefficient (Wildman–Crippen LogP) is 4.58. The number of rotatable bonds is 6. The molecule has 164 valence electrons. The molecule has 0 spiro atoms. The van der Waals surface area contributed by atoms with E-state index in [2.05, 4.69) is 57.6 Å². The molecule has 0 unspecified atom stereocenters. The van der Waals surface area contributed by atoms with Crippen molar-refractivity contribution >= 4 is 16.7 Å². The van der Waals surface area contributed by atoms with Gasteiger partial charge in [-0.05, 0) is 50.3 Å². The highest BCUT2D eigenvalue weighted by Crippen LogP contribution is 2.42. The third-order valence-corrected chi connectivity index (χ3v) is 6.35. The fourth-order valence-corrected chi connectivity index (χ4v) is 4.67. The molecule has 3 heterocycles. The smallest absolute Gasteiger partial charge is 0.196 e. The van der Waals surface area contributed by atoms with E-state index >= 15 is 0 Å². The number of carbonyl (C=O) groups excluding carboxylic acids is 1. The molecule has 1 aliphatic carbocycles. The van der Waals surface area contributed by atoms with Crippen molar-refractivity contribution < 1.29 is 4.79 Å². The highest BCUT2D eigenvalue weighted by Gasteiger charge is 2.31. The summed E-state index contributed by atoms with van der Waals surface area (Å²) in [5.41, 5.74) is 8.44. The Labute approximate surface area is 191 Å². The van der Waals surface area contributed by atoms with Crippen LogP contribution in [-0.4, -0.2) is 56.3 Å². The molecule has 0 aliphatic heterocycles. The Hall–Kier alpha value is -3.97. The van der Waals surface area contributed by atoms with Crippen LogP contribution in [-0.2, 0) is 6.54 Å². The molecule has 0 saturated carbocycles. The van der Waals surface area contributed by atoms with Crippen LogP contribution in [0, 0.1) is 0 Å². The number of aromatic amines is 2. The summed E-state index contributed by atoms with van der Waals surface area (Å²) >= 11 is 0. The SMILES string of the molecule is CN(C)CCCn1cc(-c2ccc3c(c2)C(=O)c2c-3[nH]c3cc(-c4cn[nH]c4)ccc23)cn1. The van der Waals surface area contributed by atoms with Gasteiger partial charge in [0.25, 0.3) is 0 Å². The lowest BCUT2D eigenvalue weighted by Gasteiger charge is -2.08. The number of H-pyrrole nitrogens is 2. The van der Waals surface area contributed by atoms with Crippen molar-refractivity contribution in [2.24, 2.45) is 0 Å². The maximum absolute atomic E-state index is 13.4. The van der Waals surface area contributed by atoms with Crippen LogP contribution in [0.5, 0.6) is 0 Å². The van der Waals surface area contributed by atoms with E-state index in [4.69, 9.17) is 0 Å². The van der Waals surface area contributed by atoms with Gasteiger partial charge in [0, 0.05) is 52.1 Å². The van der Waals surface area contributed by atoms with Gasteiger partial charge in [0.2, 0.25) is 0 Å². The van der Waals surface area contributed by atoms with Crippen molar-refractivity contribution in [3.63, 3.8) is 0 Å². The van der Waals surface area contributed by atoms with E-state index in [0.717, 1.165) is 75.1 Å². The molecular weight excluding hydrogens is 412 g/mol. The average molecular weight is 437 g/mol. The van der Waals surface area contributed by atoms with Crippen LogP contribution >= 0.6 is 0 Å². The molecule has 1 aliphatic rings. The Morgan fingerprint density at radius 3 is 2.64 bits per heavy atom. The van der Waals surface area contributed by atoms with Crippen molar-refractivity contribution in [3.05, 3.63) is 72.3 Å². The first-order valence-corrected chi connectivity index (χ1v) is 11.1. The lowest BCUT2D eigenvalue weighted by Crippen LogP contribution is -2.15. The first-order valence-electron chi connectivity index (χ1n) is 11.1. The van der Waals surface area contributed by atoms with Crippen LogP contribution < -0.4 is 0 Å². The zero-order chi connectivity index (χ0) is 22.5. The molecule has 6 rings (SSSR count). The monoisotopic (exact) mass is 436 g/mol. The third kappa shape index (κ3) is 3.29. The van der Waals surface area contributed by atoms with Crippen molar-refractivity contribution in [2.75, 3.05) is 20.6 Å². The number of aromatic nitrogens is 5. The van der Waals surface area contributed by atoms with Gasteiger partial charge >= 0.3 is 0 Å². The Morgan fingerprint density at radius 2 is 1.82 bits per heavy atom. The van der Waals surface area contributed by atoms with Crippen LogP contribution in [0.25, 0.3) is 44.4 Å². The number of carbonyl (C=O) groups is 1. The van der Waals surface area contributed by atoms with Crippen LogP contribution in [0.4, 0.5) is 0 Å². The summed E-state index contributed by atoms with van der Waals surface area (Å²) in [5, 5.41) is 12.3. The first-order chi connectivity index (χ1) is 16.1. The van der Waals surface area contributed by atoms with E-state index in [-0.39, 0.29) is 5.78 Å². The number of nitrogens with one attached hydrogen (secondary N) is 2. The predicted molar refractivity (Wildman–Crippen MR) is 129 cm³/mol. The molecule has 0 saturated heterocycles. The second kappa shape index (κ2) is 7.56. The number of fused-ring (bicyclic) bond motifs is 5. The van der Waals surface area contributed by atoms with Gasteiger partial charge in [-0.25, -0.2) is 0 Å². The second-order valence-corrected chi connectivity index (χ2v) is 8.86. The Morgan fingerprint density at radius 1 is 0.970 bits per heavy atom. The highest BCUT2D eigenvalue weighted by molar-refractivity contribution is 6.27. The number of ketones is 1. The van der Waals surface area contributed by atoms with Crippen LogP contribution in [0.3, 0.4) is 0 Å². The summed E-state index contributed by atoms with van der Waals surface area (Å²) in [4.78, 5) is 19.1. The normalized spacial score (nSPS) is 12.6. The minimum absolute atomic E-state index is 0.0718. The molecule has 0 fully saturated rings. The summed E-state index contributed by atoms with van der Waals surface area (Å²) in [6.45, 7) is 1.90. The van der Waals surface area contributed by atoms with E-state index in [1.165, 1.54) is 0 Å². The zero-order valence-electron chi connectivity index (χ0n) is 18.6. The van der Waals surface area contributed by atoms with Gasteiger partial charge in [-0.3, -0.25) is 14.6 Å². The Kier molecular flexibility index (Phi) is 4.52. The quantitative estimate of drug-likeness (QED) is 0.400. The minimum atomic E-state index is 0.0718. The molecule has 0 atom stereocenters. The van der Waals surface area contributed by atoms with Crippen molar-refractivity contribution in [1.29, 1.82) is 0 Å². The van der Waals surface area contributed by atoms with E-state index in [1.54, 1.807) is 6.20 Å². The van der Waals surface area contributed by atoms with Gasteiger partial charge in [-0.1, -0.05) is 24.3 Å². The third-order valence-electron chi connectivity index (χ3n) is 6.35. The average Bonchev–Trinajstić information content (AvgIpc) is 3.59. The number of hydrogen-bond donors (Lipinski definition) is 2. The van der Waals surface area contributed by atoms with E-state index in [0.29, 0.717) is 0 Å². The van der Waals surface area contributed by atoms with Crippen molar-refractivity contribution in [1.82, 2.24) is 29.9 Å². The highest BCUT2D eigenvalue weighted by atomic mass is 16.1. The number of nitrogens with zero attached hydrogens (tertiary/aromatic N) is 4. The summed E-state index contributed by atoms with van der Waals surface area (Å²) < 4.78 is 1.97. The summed E-state index contributed by atoms with van der Waals surface area (Å²) in [6.07, 6.45) is 8.64. The molecule has 7 nitrogen and oxygen atoms in total. The van der Waals surface area contributed by atoms with E-state index in [9.17, 15) is 4.79 Å². The Balaban J connectivity index is 1.32. The van der Waals surface area contributed by atoms with Gasteiger partial charge in [-0.15, -0.1) is 0 Å². The fourth-order valence-electron chi connectivity index (χ4n) is 4.67. The Bertz CT molecular complexity index is 1490. The maximum atomic E-state index is 13.4. The lowest BCUT2D eigenvalue weighted by atomic mass is 10.0. The van der Waals surface area contributed by atoms with Crippen LogP contribution in [0.2, 0.25) is 0 Å². The molecule has 2 N–H and O–H groups in total.